The molecule has 0 aromatic rings. The number of amides is 1. The molecule has 1 atom stereocenters. The second-order valence-corrected chi connectivity index (χ2v) is 4.71. The lowest BCUT2D eigenvalue weighted by atomic mass is 9.97. The highest BCUT2D eigenvalue weighted by Crippen LogP contribution is 2.13. The molecule has 0 saturated carbocycles. The van der Waals surface area contributed by atoms with Crippen LogP contribution in [-0.2, 0) is 4.79 Å². The number of carbonyl (C=O) groups is 1. The Kier molecular flexibility index (Phi) is 6.60. The van der Waals surface area contributed by atoms with Crippen molar-refractivity contribution >= 4 is 5.91 Å². The van der Waals surface area contributed by atoms with Crippen molar-refractivity contribution in [2.24, 2.45) is 0 Å². The summed E-state index contributed by atoms with van der Waals surface area (Å²) in [5.74, 6) is 0.108. The van der Waals surface area contributed by atoms with Crippen molar-refractivity contribution < 1.29 is 9.90 Å². The van der Waals surface area contributed by atoms with Crippen LogP contribution in [0.2, 0.25) is 0 Å². The molecule has 4 nitrogen and oxygen atoms in total. The average Bonchev–Trinajstić information content (AvgIpc) is 2.25. The lowest BCUT2D eigenvalue weighted by Gasteiger charge is -2.27. The van der Waals surface area contributed by atoms with Gasteiger partial charge in [-0.05, 0) is 19.8 Å². The van der Waals surface area contributed by atoms with Crippen molar-refractivity contribution in [1.29, 1.82) is 0 Å². The number of rotatable bonds is 7. The number of aliphatic hydroxyl groups is 1. The molecule has 1 amide bonds. The fraction of sp³-hybridized carbons (Fsp3) is 0.917. The van der Waals surface area contributed by atoms with Gasteiger partial charge in [-0.2, -0.15) is 0 Å². The van der Waals surface area contributed by atoms with Gasteiger partial charge in [0.1, 0.15) is 0 Å². The van der Waals surface area contributed by atoms with Gasteiger partial charge in [-0.3, -0.25) is 4.79 Å². The van der Waals surface area contributed by atoms with E-state index in [0.29, 0.717) is 13.0 Å². The minimum atomic E-state index is -0.643. The summed E-state index contributed by atoms with van der Waals surface area (Å²) in [5.41, 5.74) is -0.643. The van der Waals surface area contributed by atoms with E-state index < -0.39 is 5.60 Å². The first-order valence-electron chi connectivity index (χ1n) is 6.00. The molecule has 4 heteroatoms. The highest BCUT2D eigenvalue weighted by atomic mass is 16.3. The molecule has 0 bridgehead atoms. The Labute approximate surface area is 99.0 Å². The van der Waals surface area contributed by atoms with Gasteiger partial charge < -0.3 is 15.3 Å². The van der Waals surface area contributed by atoms with Gasteiger partial charge in [0.05, 0.1) is 5.60 Å². The summed E-state index contributed by atoms with van der Waals surface area (Å²) < 4.78 is 0. The first-order valence-corrected chi connectivity index (χ1v) is 6.00. The van der Waals surface area contributed by atoms with Gasteiger partial charge in [-0.25, -0.2) is 0 Å². The van der Waals surface area contributed by atoms with Crippen LogP contribution in [0, 0.1) is 0 Å². The standard InChI is InChI=1S/C12H26N2O2/c1-6-12(16,7-2)9-13-10(3)8-11(15)14(4)5/h10,13,16H,6-9H2,1-5H3. The summed E-state index contributed by atoms with van der Waals surface area (Å²) in [4.78, 5) is 13.0. The average molecular weight is 230 g/mol. The monoisotopic (exact) mass is 230 g/mol. The van der Waals surface area contributed by atoms with Crippen molar-refractivity contribution in [3.8, 4) is 0 Å². The van der Waals surface area contributed by atoms with Crippen LogP contribution in [0.1, 0.15) is 40.0 Å². The van der Waals surface area contributed by atoms with Crippen molar-refractivity contribution in [2.45, 2.75) is 51.7 Å². The van der Waals surface area contributed by atoms with Crippen LogP contribution in [0.4, 0.5) is 0 Å². The highest BCUT2D eigenvalue weighted by Gasteiger charge is 2.22. The number of carbonyl (C=O) groups excluding carboxylic acids is 1. The van der Waals surface area contributed by atoms with Crippen molar-refractivity contribution in [3.63, 3.8) is 0 Å². The molecule has 96 valence electrons. The predicted molar refractivity (Wildman–Crippen MR) is 66.3 cm³/mol. The van der Waals surface area contributed by atoms with Crippen LogP contribution in [-0.4, -0.2) is 48.2 Å². The molecule has 0 radical (unpaired) electrons. The van der Waals surface area contributed by atoms with Crippen LogP contribution in [0.3, 0.4) is 0 Å². The lowest BCUT2D eigenvalue weighted by molar-refractivity contribution is -0.129. The van der Waals surface area contributed by atoms with Crippen molar-refractivity contribution in [3.05, 3.63) is 0 Å². The molecule has 16 heavy (non-hydrogen) atoms. The van der Waals surface area contributed by atoms with E-state index >= 15 is 0 Å². The molecule has 0 saturated heterocycles. The van der Waals surface area contributed by atoms with Crippen LogP contribution < -0.4 is 5.32 Å². The van der Waals surface area contributed by atoms with Crippen LogP contribution in [0.25, 0.3) is 0 Å². The largest absolute Gasteiger partial charge is 0.389 e. The van der Waals surface area contributed by atoms with E-state index in [4.69, 9.17) is 0 Å². The van der Waals surface area contributed by atoms with Gasteiger partial charge in [0.15, 0.2) is 0 Å². The molecule has 0 aliphatic carbocycles. The Morgan fingerprint density at radius 1 is 1.38 bits per heavy atom. The Bertz CT molecular complexity index is 213. The van der Waals surface area contributed by atoms with E-state index in [1.165, 1.54) is 0 Å². The molecule has 2 N–H and O–H groups in total. The summed E-state index contributed by atoms with van der Waals surface area (Å²) in [7, 11) is 3.51. The molecule has 0 rings (SSSR count). The van der Waals surface area contributed by atoms with Gasteiger partial charge in [0.2, 0.25) is 5.91 Å². The van der Waals surface area contributed by atoms with E-state index in [2.05, 4.69) is 5.32 Å². The fourth-order valence-corrected chi connectivity index (χ4v) is 1.38. The number of nitrogens with one attached hydrogen (secondary N) is 1. The Morgan fingerprint density at radius 2 is 1.88 bits per heavy atom. The van der Waals surface area contributed by atoms with E-state index in [1.54, 1.807) is 19.0 Å². The van der Waals surface area contributed by atoms with E-state index in [0.717, 1.165) is 12.8 Å². The molecule has 0 aromatic heterocycles. The normalized spacial score (nSPS) is 13.6. The quantitative estimate of drug-likeness (QED) is 0.686. The van der Waals surface area contributed by atoms with Gasteiger partial charge >= 0.3 is 0 Å². The van der Waals surface area contributed by atoms with Gasteiger partial charge in [-0.1, -0.05) is 13.8 Å². The van der Waals surface area contributed by atoms with E-state index in [-0.39, 0.29) is 11.9 Å². The first-order chi connectivity index (χ1) is 7.34. The zero-order valence-corrected chi connectivity index (χ0v) is 11.2. The topological polar surface area (TPSA) is 52.6 Å². The van der Waals surface area contributed by atoms with Crippen molar-refractivity contribution in [2.75, 3.05) is 20.6 Å². The molecule has 0 spiro atoms. The van der Waals surface area contributed by atoms with Gasteiger partial charge in [0.25, 0.3) is 0 Å². The summed E-state index contributed by atoms with van der Waals surface area (Å²) in [6.45, 7) is 6.46. The van der Waals surface area contributed by atoms with Crippen molar-refractivity contribution in [1.82, 2.24) is 10.2 Å². The molecule has 0 aliphatic heterocycles. The predicted octanol–water partition coefficient (Wildman–Crippen LogP) is 0.994. The summed E-state index contributed by atoms with van der Waals surface area (Å²) in [5, 5.41) is 13.3. The maximum absolute atomic E-state index is 11.4. The molecular formula is C12H26N2O2. The third-order valence-corrected chi connectivity index (χ3v) is 3.08. The van der Waals surface area contributed by atoms with Gasteiger partial charge in [0, 0.05) is 33.1 Å². The summed E-state index contributed by atoms with van der Waals surface area (Å²) >= 11 is 0. The van der Waals surface area contributed by atoms with Gasteiger partial charge in [-0.15, -0.1) is 0 Å². The molecule has 0 aromatic carbocycles. The number of nitrogens with zero attached hydrogens (tertiary/aromatic N) is 1. The first kappa shape index (κ1) is 15.4. The van der Waals surface area contributed by atoms with Crippen LogP contribution in [0.5, 0.6) is 0 Å². The Balaban J connectivity index is 3.98. The summed E-state index contributed by atoms with van der Waals surface area (Å²) in [6, 6.07) is 0.0968. The molecule has 0 fully saturated rings. The zero-order chi connectivity index (χ0) is 12.8. The second kappa shape index (κ2) is 6.86. The van der Waals surface area contributed by atoms with E-state index in [1.807, 2.05) is 20.8 Å². The number of hydrogen-bond acceptors (Lipinski definition) is 3. The zero-order valence-electron chi connectivity index (χ0n) is 11.2. The second-order valence-electron chi connectivity index (χ2n) is 4.71. The third-order valence-electron chi connectivity index (χ3n) is 3.08. The molecule has 0 heterocycles. The molecule has 1 unspecified atom stereocenters. The fourth-order valence-electron chi connectivity index (χ4n) is 1.38. The SMILES string of the molecule is CCC(O)(CC)CNC(C)CC(=O)N(C)C. The maximum Gasteiger partial charge on any atom is 0.223 e. The third kappa shape index (κ3) is 5.47. The Morgan fingerprint density at radius 3 is 2.25 bits per heavy atom. The lowest BCUT2D eigenvalue weighted by Crippen LogP contribution is -2.44. The number of hydrogen-bond donors (Lipinski definition) is 2. The molecular weight excluding hydrogens is 204 g/mol. The minimum absolute atomic E-state index is 0.0968. The van der Waals surface area contributed by atoms with Crippen LogP contribution >= 0.6 is 0 Å². The molecule has 0 aliphatic rings. The highest BCUT2D eigenvalue weighted by molar-refractivity contribution is 5.76. The maximum atomic E-state index is 11.4. The Hall–Kier alpha value is -0.610. The smallest absolute Gasteiger partial charge is 0.223 e. The van der Waals surface area contributed by atoms with E-state index in [9.17, 15) is 9.90 Å². The minimum Gasteiger partial charge on any atom is -0.389 e. The van der Waals surface area contributed by atoms with Crippen LogP contribution in [0.15, 0.2) is 0 Å². The summed E-state index contributed by atoms with van der Waals surface area (Å²) in [6.07, 6.45) is 1.92.